The van der Waals surface area contributed by atoms with E-state index in [9.17, 15) is 0 Å². The lowest BCUT2D eigenvalue weighted by atomic mass is 10.0. The molecule has 1 atom stereocenters. The highest BCUT2D eigenvalue weighted by atomic mass is 16.5. The zero-order valence-electron chi connectivity index (χ0n) is 13.3. The summed E-state index contributed by atoms with van der Waals surface area (Å²) < 4.78 is 11.4. The van der Waals surface area contributed by atoms with Gasteiger partial charge in [0.25, 0.3) is 0 Å². The number of ether oxygens (including phenoxy) is 1. The molecule has 0 saturated heterocycles. The smallest absolute Gasteiger partial charge is 0.128 e. The zero-order valence-corrected chi connectivity index (χ0v) is 13.3. The van der Waals surface area contributed by atoms with Gasteiger partial charge in [0, 0.05) is 0 Å². The molecule has 1 unspecified atom stereocenters. The molecule has 114 valence electrons. The van der Waals surface area contributed by atoms with Crippen LogP contribution in [-0.2, 0) is 0 Å². The normalized spacial score (nSPS) is 12.6. The molecule has 0 fully saturated rings. The van der Waals surface area contributed by atoms with Crippen LogP contribution in [0.5, 0.6) is 5.75 Å². The molecule has 0 aliphatic rings. The number of nitrogens with one attached hydrogen (secondary N) is 1. The van der Waals surface area contributed by atoms with Gasteiger partial charge in [0.2, 0.25) is 0 Å². The van der Waals surface area contributed by atoms with Crippen molar-refractivity contribution in [3.05, 3.63) is 53.5 Å². The van der Waals surface area contributed by atoms with Crippen LogP contribution < -0.4 is 10.1 Å². The van der Waals surface area contributed by atoms with E-state index in [0.717, 1.165) is 24.5 Å². The largest absolute Gasteiger partial charge is 0.491 e. The van der Waals surface area contributed by atoms with E-state index < -0.39 is 0 Å². The third-order valence-corrected chi connectivity index (χ3v) is 3.35. The topological polar surface area (TPSA) is 34.4 Å². The van der Waals surface area contributed by atoms with Crippen molar-refractivity contribution in [3.63, 3.8) is 0 Å². The monoisotopic (exact) mass is 287 g/mol. The third-order valence-electron chi connectivity index (χ3n) is 3.35. The molecule has 0 saturated carbocycles. The Kier molecular flexibility index (Phi) is 5.45. The number of rotatable bonds is 7. The highest BCUT2D eigenvalue weighted by Gasteiger charge is 2.18. The van der Waals surface area contributed by atoms with E-state index >= 15 is 0 Å². The molecule has 0 aliphatic carbocycles. The maximum Gasteiger partial charge on any atom is 0.128 e. The van der Waals surface area contributed by atoms with Crippen LogP contribution in [0.1, 0.15) is 50.1 Å². The summed E-state index contributed by atoms with van der Waals surface area (Å²) in [5, 5.41) is 3.55. The summed E-state index contributed by atoms with van der Waals surface area (Å²) in [7, 11) is 0. The lowest BCUT2D eigenvalue weighted by Crippen LogP contribution is -2.23. The summed E-state index contributed by atoms with van der Waals surface area (Å²) >= 11 is 0. The van der Waals surface area contributed by atoms with Crippen molar-refractivity contribution in [2.45, 2.75) is 46.3 Å². The second-order valence-electron chi connectivity index (χ2n) is 5.59. The van der Waals surface area contributed by atoms with Crippen molar-refractivity contribution in [2.24, 2.45) is 0 Å². The van der Waals surface area contributed by atoms with Crippen LogP contribution in [0.4, 0.5) is 0 Å². The quantitative estimate of drug-likeness (QED) is 0.816. The Bertz CT molecular complexity index is 543. The van der Waals surface area contributed by atoms with Crippen LogP contribution in [0.3, 0.4) is 0 Å². The maximum atomic E-state index is 5.70. The molecule has 0 spiro atoms. The molecule has 2 rings (SSSR count). The van der Waals surface area contributed by atoms with Crippen molar-refractivity contribution >= 4 is 0 Å². The molecule has 0 radical (unpaired) electrons. The maximum absolute atomic E-state index is 5.70. The second kappa shape index (κ2) is 7.32. The van der Waals surface area contributed by atoms with Crippen molar-refractivity contribution in [2.75, 3.05) is 6.54 Å². The standard InChI is InChI=1S/C18H25NO2/c1-5-11-19-17(18-14(4)10-12-20-18)15-6-8-16(9-7-15)21-13(2)3/h6-10,12-13,17,19H,5,11H2,1-4H3. The van der Waals surface area contributed by atoms with E-state index in [1.54, 1.807) is 6.26 Å². The van der Waals surface area contributed by atoms with Gasteiger partial charge in [-0.15, -0.1) is 0 Å². The molecule has 1 heterocycles. The fourth-order valence-corrected chi connectivity index (χ4v) is 2.34. The third kappa shape index (κ3) is 4.11. The van der Waals surface area contributed by atoms with E-state index in [2.05, 4.69) is 31.3 Å². The van der Waals surface area contributed by atoms with Gasteiger partial charge in [0.15, 0.2) is 0 Å². The first-order valence-electron chi connectivity index (χ1n) is 7.65. The van der Waals surface area contributed by atoms with Crippen LogP contribution in [-0.4, -0.2) is 12.6 Å². The van der Waals surface area contributed by atoms with Gasteiger partial charge in [0.1, 0.15) is 11.5 Å². The summed E-state index contributed by atoms with van der Waals surface area (Å²) in [5.41, 5.74) is 2.36. The Morgan fingerprint density at radius 2 is 1.86 bits per heavy atom. The predicted molar refractivity (Wildman–Crippen MR) is 85.8 cm³/mol. The number of benzene rings is 1. The van der Waals surface area contributed by atoms with Gasteiger partial charge in [-0.2, -0.15) is 0 Å². The molecular weight excluding hydrogens is 262 g/mol. The first kappa shape index (κ1) is 15.6. The van der Waals surface area contributed by atoms with Crippen LogP contribution in [0.2, 0.25) is 0 Å². The lowest BCUT2D eigenvalue weighted by Gasteiger charge is -2.18. The van der Waals surface area contributed by atoms with Gasteiger partial charge in [0.05, 0.1) is 18.4 Å². The molecule has 0 bridgehead atoms. The number of furan rings is 1. The van der Waals surface area contributed by atoms with E-state index in [0.29, 0.717) is 0 Å². The molecule has 3 nitrogen and oxygen atoms in total. The van der Waals surface area contributed by atoms with Gasteiger partial charge < -0.3 is 14.5 Å². The van der Waals surface area contributed by atoms with Crippen molar-refractivity contribution < 1.29 is 9.15 Å². The SMILES string of the molecule is CCCNC(c1ccc(OC(C)C)cc1)c1occc1C. The Hall–Kier alpha value is -1.74. The van der Waals surface area contributed by atoms with Crippen LogP contribution in [0, 0.1) is 6.92 Å². The lowest BCUT2D eigenvalue weighted by molar-refractivity contribution is 0.242. The van der Waals surface area contributed by atoms with Crippen LogP contribution in [0.15, 0.2) is 41.0 Å². The Morgan fingerprint density at radius 3 is 2.38 bits per heavy atom. The fourth-order valence-electron chi connectivity index (χ4n) is 2.34. The molecule has 1 aromatic carbocycles. The molecule has 3 heteroatoms. The Labute approximate surface area is 127 Å². The summed E-state index contributed by atoms with van der Waals surface area (Å²) in [6.07, 6.45) is 3.03. The van der Waals surface area contributed by atoms with Crippen LogP contribution >= 0.6 is 0 Å². The van der Waals surface area contributed by atoms with E-state index in [4.69, 9.17) is 9.15 Å². The Balaban J connectivity index is 2.22. The molecule has 1 aromatic heterocycles. The first-order chi connectivity index (χ1) is 10.1. The van der Waals surface area contributed by atoms with Crippen molar-refractivity contribution in [3.8, 4) is 5.75 Å². The van der Waals surface area contributed by atoms with Gasteiger partial charge in [-0.25, -0.2) is 0 Å². The average Bonchev–Trinajstić information content (AvgIpc) is 2.87. The number of hydrogen-bond acceptors (Lipinski definition) is 3. The van der Waals surface area contributed by atoms with E-state index in [1.807, 2.05) is 32.0 Å². The average molecular weight is 287 g/mol. The summed E-state index contributed by atoms with van der Waals surface area (Å²) in [6.45, 7) is 9.26. The van der Waals surface area contributed by atoms with Crippen LogP contribution in [0.25, 0.3) is 0 Å². The van der Waals surface area contributed by atoms with Gasteiger partial charge in [-0.1, -0.05) is 19.1 Å². The van der Waals surface area contributed by atoms with Crippen molar-refractivity contribution in [1.82, 2.24) is 5.32 Å². The van der Waals surface area contributed by atoms with Gasteiger partial charge >= 0.3 is 0 Å². The van der Waals surface area contributed by atoms with E-state index in [-0.39, 0.29) is 12.1 Å². The molecule has 2 aromatic rings. The second-order valence-corrected chi connectivity index (χ2v) is 5.59. The summed E-state index contributed by atoms with van der Waals surface area (Å²) in [6, 6.07) is 10.3. The molecule has 21 heavy (non-hydrogen) atoms. The summed E-state index contributed by atoms with van der Waals surface area (Å²) in [5.74, 6) is 1.89. The molecule has 0 aliphatic heterocycles. The molecular formula is C18H25NO2. The minimum atomic E-state index is 0.0908. The number of aryl methyl sites for hydroxylation is 1. The first-order valence-corrected chi connectivity index (χ1v) is 7.65. The minimum absolute atomic E-state index is 0.0908. The predicted octanol–water partition coefficient (Wildman–Crippen LogP) is 4.46. The number of hydrogen-bond donors (Lipinski definition) is 1. The highest BCUT2D eigenvalue weighted by Crippen LogP contribution is 2.27. The van der Waals surface area contributed by atoms with Gasteiger partial charge in [-0.05, 0) is 63.1 Å². The summed E-state index contributed by atoms with van der Waals surface area (Å²) in [4.78, 5) is 0. The molecule has 1 N–H and O–H groups in total. The minimum Gasteiger partial charge on any atom is -0.491 e. The fraction of sp³-hybridized carbons (Fsp3) is 0.444. The molecule has 0 amide bonds. The van der Waals surface area contributed by atoms with Crippen molar-refractivity contribution in [1.29, 1.82) is 0 Å². The van der Waals surface area contributed by atoms with Gasteiger partial charge in [-0.3, -0.25) is 0 Å². The zero-order chi connectivity index (χ0) is 15.2. The highest BCUT2D eigenvalue weighted by molar-refractivity contribution is 5.34. The Morgan fingerprint density at radius 1 is 1.14 bits per heavy atom. The van der Waals surface area contributed by atoms with E-state index in [1.165, 1.54) is 11.1 Å².